The van der Waals surface area contributed by atoms with Crippen LogP contribution in [0.2, 0.25) is 0 Å². The minimum Gasteiger partial charge on any atom is -0.508 e. The van der Waals surface area contributed by atoms with Gasteiger partial charge in [-0.1, -0.05) is 38.1 Å². The lowest BCUT2D eigenvalue weighted by Gasteiger charge is -2.14. The van der Waals surface area contributed by atoms with E-state index in [4.69, 9.17) is 4.52 Å². The first-order valence-electron chi connectivity index (χ1n) is 6.02. The molecule has 1 heterocycles. The van der Waals surface area contributed by atoms with Gasteiger partial charge in [0.2, 0.25) is 5.89 Å². The van der Waals surface area contributed by atoms with Crippen molar-refractivity contribution in [3.05, 3.63) is 41.5 Å². The van der Waals surface area contributed by atoms with Crippen molar-refractivity contribution in [3.8, 4) is 5.75 Å². The van der Waals surface area contributed by atoms with Gasteiger partial charge in [0.1, 0.15) is 5.75 Å². The highest BCUT2D eigenvalue weighted by molar-refractivity contribution is 5.27. The molecule has 96 valence electrons. The van der Waals surface area contributed by atoms with E-state index >= 15 is 0 Å². The molecule has 0 amide bonds. The fourth-order valence-corrected chi connectivity index (χ4v) is 1.70. The molecule has 4 nitrogen and oxygen atoms in total. The number of aromatic nitrogens is 2. The van der Waals surface area contributed by atoms with Crippen molar-refractivity contribution in [1.29, 1.82) is 0 Å². The first-order chi connectivity index (χ1) is 8.42. The van der Waals surface area contributed by atoms with Gasteiger partial charge in [0.15, 0.2) is 5.82 Å². The molecule has 0 unspecified atom stereocenters. The van der Waals surface area contributed by atoms with E-state index in [2.05, 4.69) is 30.9 Å². The summed E-state index contributed by atoms with van der Waals surface area (Å²) in [6.07, 6.45) is 1.39. The zero-order valence-electron chi connectivity index (χ0n) is 11.0. The highest BCUT2D eigenvalue weighted by Gasteiger charge is 2.16. The molecule has 0 aliphatic carbocycles. The number of hydrogen-bond acceptors (Lipinski definition) is 4. The molecule has 0 saturated heterocycles. The molecule has 0 radical (unpaired) electrons. The molecule has 0 spiro atoms. The van der Waals surface area contributed by atoms with Crippen LogP contribution < -0.4 is 0 Å². The lowest BCUT2D eigenvalue weighted by atomic mass is 9.92. The lowest BCUT2D eigenvalue weighted by Crippen LogP contribution is -2.10. The summed E-state index contributed by atoms with van der Waals surface area (Å²) in [5.74, 6) is 1.62. The van der Waals surface area contributed by atoms with Crippen LogP contribution in [-0.2, 0) is 12.8 Å². The highest BCUT2D eigenvalue weighted by Crippen LogP contribution is 2.19. The Morgan fingerprint density at radius 3 is 2.44 bits per heavy atom. The van der Waals surface area contributed by atoms with Crippen LogP contribution >= 0.6 is 0 Å². The largest absolute Gasteiger partial charge is 0.508 e. The van der Waals surface area contributed by atoms with Crippen molar-refractivity contribution in [2.24, 2.45) is 5.41 Å². The van der Waals surface area contributed by atoms with Crippen molar-refractivity contribution >= 4 is 0 Å². The molecule has 2 aromatic rings. The lowest BCUT2D eigenvalue weighted by molar-refractivity contribution is 0.358. The van der Waals surface area contributed by atoms with E-state index in [1.54, 1.807) is 12.1 Å². The number of phenols is 1. The van der Waals surface area contributed by atoms with Crippen molar-refractivity contribution in [2.45, 2.75) is 33.6 Å². The fraction of sp³-hybridized carbons (Fsp3) is 0.429. The Kier molecular flexibility index (Phi) is 3.36. The molecular weight excluding hydrogens is 228 g/mol. The minimum atomic E-state index is 0.152. The Bertz CT molecular complexity index is 509. The second-order valence-corrected chi connectivity index (χ2v) is 5.69. The van der Waals surface area contributed by atoms with Gasteiger partial charge in [0, 0.05) is 6.42 Å². The topological polar surface area (TPSA) is 59.2 Å². The summed E-state index contributed by atoms with van der Waals surface area (Å²) in [6, 6.07) is 7.01. The summed E-state index contributed by atoms with van der Waals surface area (Å²) in [5, 5.41) is 13.2. The van der Waals surface area contributed by atoms with Crippen LogP contribution in [0, 0.1) is 5.41 Å². The molecule has 0 aliphatic rings. The average Bonchev–Trinajstić information content (AvgIpc) is 2.66. The minimum absolute atomic E-state index is 0.152. The van der Waals surface area contributed by atoms with Gasteiger partial charge in [0.25, 0.3) is 0 Å². The van der Waals surface area contributed by atoms with Gasteiger partial charge in [-0.3, -0.25) is 0 Å². The number of phenolic OH excluding ortho intramolecular Hbond substituents is 1. The third-order valence-corrected chi connectivity index (χ3v) is 2.49. The molecule has 2 rings (SSSR count). The molecule has 0 aliphatic heterocycles. The Labute approximate surface area is 107 Å². The van der Waals surface area contributed by atoms with Crippen molar-refractivity contribution in [2.75, 3.05) is 0 Å². The Morgan fingerprint density at radius 1 is 1.17 bits per heavy atom. The first-order valence-corrected chi connectivity index (χ1v) is 6.02. The van der Waals surface area contributed by atoms with E-state index in [1.807, 2.05) is 12.1 Å². The highest BCUT2D eigenvalue weighted by atomic mass is 16.5. The molecule has 0 saturated carbocycles. The van der Waals surface area contributed by atoms with Crippen molar-refractivity contribution in [1.82, 2.24) is 10.1 Å². The summed E-state index contributed by atoms with van der Waals surface area (Å²) >= 11 is 0. The van der Waals surface area contributed by atoms with Gasteiger partial charge in [-0.15, -0.1) is 0 Å². The predicted molar refractivity (Wildman–Crippen MR) is 68.4 cm³/mol. The molecule has 0 atom stereocenters. The number of hydrogen-bond donors (Lipinski definition) is 1. The SMILES string of the molecule is CC(C)(C)Cc1noc(Cc2ccc(O)cc2)n1. The quantitative estimate of drug-likeness (QED) is 0.904. The second kappa shape index (κ2) is 4.80. The summed E-state index contributed by atoms with van der Waals surface area (Å²) < 4.78 is 5.22. The van der Waals surface area contributed by atoms with Crippen LogP contribution in [0.5, 0.6) is 5.75 Å². The zero-order valence-corrected chi connectivity index (χ0v) is 11.0. The summed E-state index contributed by atoms with van der Waals surface area (Å²) in [5.41, 5.74) is 1.19. The van der Waals surface area contributed by atoms with Crippen LogP contribution in [0.3, 0.4) is 0 Å². The van der Waals surface area contributed by atoms with Crippen LogP contribution in [0.15, 0.2) is 28.8 Å². The maximum absolute atomic E-state index is 9.20. The van der Waals surface area contributed by atoms with Gasteiger partial charge >= 0.3 is 0 Å². The van der Waals surface area contributed by atoms with E-state index < -0.39 is 0 Å². The number of rotatable bonds is 3. The monoisotopic (exact) mass is 246 g/mol. The van der Waals surface area contributed by atoms with Crippen LogP contribution in [0.4, 0.5) is 0 Å². The molecule has 1 aromatic heterocycles. The molecule has 1 aromatic carbocycles. The standard InChI is InChI=1S/C14H18N2O2/c1-14(2,3)9-12-15-13(18-16-12)8-10-4-6-11(17)7-5-10/h4-7,17H,8-9H2,1-3H3. The number of benzene rings is 1. The normalized spacial score (nSPS) is 11.7. The van der Waals surface area contributed by atoms with E-state index in [0.717, 1.165) is 17.8 Å². The van der Waals surface area contributed by atoms with Gasteiger partial charge in [-0.2, -0.15) is 4.98 Å². The van der Waals surface area contributed by atoms with Crippen molar-refractivity contribution in [3.63, 3.8) is 0 Å². The van der Waals surface area contributed by atoms with Gasteiger partial charge in [0.05, 0.1) is 6.42 Å². The zero-order chi connectivity index (χ0) is 13.2. The average molecular weight is 246 g/mol. The smallest absolute Gasteiger partial charge is 0.231 e. The third-order valence-electron chi connectivity index (χ3n) is 2.49. The van der Waals surface area contributed by atoms with Gasteiger partial charge < -0.3 is 9.63 Å². The summed E-state index contributed by atoms with van der Waals surface area (Å²) in [6.45, 7) is 6.43. The first kappa shape index (κ1) is 12.6. The molecule has 0 fully saturated rings. The van der Waals surface area contributed by atoms with E-state index in [0.29, 0.717) is 12.3 Å². The van der Waals surface area contributed by atoms with Crippen molar-refractivity contribution < 1.29 is 9.63 Å². The van der Waals surface area contributed by atoms with Crippen LogP contribution in [0.25, 0.3) is 0 Å². The molecule has 4 heteroatoms. The number of aromatic hydroxyl groups is 1. The van der Waals surface area contributed by atoms with Crippen LogP contribution in [0.1, 0.15) is 38.0 Å². The maximum atomic E-state index is 9.20. The molecule has 1 N–H and O–H groups in total. The van der Waals surface area contributed by atoms with Gasteiger partial charge in [-0.05, 0) is 23.1 Å². The Balaban J connectivity index is 2.04. The Hall–Kier alpha value is -1.84. The molecule has 18 heavy (non-hydrogen) atoms. The summed E-state index contributed by atoms with van der Waals surface area (Å²) in [7, 11) is 0. The maximum Gasteiger partial charge on any atom is 0.231 e. The van der Waals surface area contributed by atoms with E-state index in [-0.39, 0.29) is 11.2 Å². The summed E-state index contributed by atoms with van der Waals surface area (Å²) in [4.78, 5) is 4.37. The predicted octanol–water partition coefficient (Wildman–Crippen LogP) is 2.95. The van der Waals surface area contributed by atoms with Gasteiger partial charge in [-0.25, -0.2) is 0 Å². The number of nitrogens with zero attached hydrogens (tertiary/aromatic N) is 2. The molecular formula is C14H18N2O2. The van der Waals surface area contributed by atoms with E-state index in [1.165, 1.54) is 0 Å². The molecule has 0 bridgehead atoms. The fourth-order valence-electron chi connectivity index (χ4n) is 1.70. The third kappa shape index (κ3) is 3.58. The van der Waals surface area contributed by atoms with Crippen LogP contribution in [-0.4, -0.2) is 15.2 Å². The Morgan fingerprint density at radius 2 is 1.83 bits per heavy atom. The second-order valence-electron chi connectivity index (χ2n) is 5.69. The van der Waals surface area contributed by atoms with E-state index in [9.17, 15) is 5.11 Å².